The highest BCUT2D eigenvalue weighted by Crippen LogP contribution is 2.04. The molecule has 1 unspecified atom stereocenters. The van der Waals surface area contributed by atoms with Gasteiger partial charge in [0.05, 0.1) is 32.0 Å². The summed E-state index contributed by atoms with van der Waals surface area (Å²) in [7, 11) is 0. The maximum Gasteiger partial charge on any atom is 0.332 e. The van der Waals surface area contributed by atoms with Crippen molar-refractivity contribution in [1.29, 1.82) is 5.26 Å². The molecule has 0 aliphatic heterocycles. The fourth-order valence-electron chi connectivity index (χ4n) is 1.49. The van der Waals surface area contributed by atoms with Gasteiger partial charge in [-0.2, -0.15) is 5.26 Å². The van der Waals surface area contributed by atoms with Crippen molar-refractivity contribution in [2.75, 3.05) is 19.8 Å². The lowest BCUT2D eigenvalue weighted by molar-refractivity contribution is -0.132. The van der Waals surface area contributed by atoms with Crippen LogP contribution in [0.15, 0.2) is 11.6 Å². The van der Waals surface area contributed by atoms with Crippen LogP contribution >= 0.6 is 0 Å². The molecule has 1 N–H and O–H groups in total. The number of aliphatic carboxylic acids is 1. The number of carboxylic acids is 1. The number of hydrogen-bond donors (Lipinski definition) is 1. The zero-order valence-corrected chi connectivity index (χ0v) is 11.7. The standard InChI is InChI=1S/C14H23NO4/c1-3-4-5-12(2)19-11-10-18-9-7-13(6-8-15)14(16)17/h6,12H,3-5,7,9-11H2,1-2H3,(H,16,17). The molecule has 0 radical (unpaired) electrons. The molecule has 1 atom stereocenters. The van der Waals surface area contributed by atoms with Gasteiger partial charge < -0.3 is 14.6 Å². The first kappa shape index (κ1) is 17.6. The topological polar surface area (TPSA) is 79.5 Å². The Kier molecular flexibility index (Phi) is 10.8. The second-order valence-corrected chi connectivity index (χ2v) is 4.29. The Morgan fingerprint density at radius 3 is 2.74 bits per heavy atom. The van der Waals surface area contributed by atoms with Crippen molar-refractivity contribution >= 4 is 5.97 Å². The lowest BCUT2D eigenvalue weighted by atomic mass is 10.2. The van der Waals surface area contributed by atoms with E-state index in [0.717, 1.165) is 25.3 Å². The molecule has 5 heteroatoms. The largest absolute Gasteiger partial charge is 0.478 e. The van der Waals surface area contributed by atoms with Gasteiger partial charge in [-0.25, -0.2) is 4.79 Å². The highest BCUT2D eigenvalue weighted by atomic mass is 16.5. The van der Waals surface area contributed by atoms with E-state index in [9.17, 15) is 4.79 Å². The van der Waals surface area contributed by atoms with Crippen LogP contribution in [0.5, 0.6) is 0 Å². The maximum absolute atomic E-state index is 10.7. The van der Waals surface area contributed by atoms with Gasteiger partial charge in [0, 0.05) is 18.1 Å². The van der Waals surface area contributed by atoms with Gasteiger partial charge in [0.15, 0.2) is 0 Å². The zero-order chi connectivity index (χ0) is 14.5. The van der Waals surface area contributed by atoms with E-state index in [-0.39, 0.29) is 24.7 Å². The predicted octanol–water partition coefficient (Wildman–Crippen LogP) is 2.52. The first-order valence-corrected chi connectivity index (χ1v) is 6.63. The highest BCUT2D eigenvalue weighted by Gasteiger charge is 2.06. The van der Waals surface area contributed by atoms with Crippen LogP contribution in [0.4, 0.5) is 0 Å². The number of hydrogen-bond acceptors (Lipinski definition) is 4. The SMILES string of the molecule is CCCCC(C)OCCOCCC(=CC#N)C(=O)O. The molecule has 0 aromatic carbocycles. The summed E-state index contributed by atoms with van der Waals surface area (Å²) in [5, 5.41) is 17.2. The monoisotopic (exact) mass is 269 g/mol. The Hall–Kier alpha value is -1.38. The summed E-state index contributed by atoms with van der Waals surface area (Å²) in [5.41, 5.74) is 0.0692. The molecule has 0 bridgehead atoms. The minimum absolute atomic E-state index is 0.0692. The molecular formula is C14H23NO4. The van der Waals surface area contributed by atoms with Gasteiger partial charge in [-0.3, -0.25) is 0 Å². The molecule has 0 fully saturated rings. The number of unbranched alkanes of at least 4 members (excludes halogenated alkanes) is 1. The van der Waals surface area contributed by atoms with Crippen LogP contribution in [0, 0.1) is 11.3 Å². The third kappa shape index (κ3) is 10.2. The number of ether oxygens (including phenoxy) is 2. The van der Waals surface area contributed by atoms with Gasteiger partial charge in [-0.05, 0) is 13.3 Å². The second-order valence-electron chi connectivity index (χ2n) is 4.29. The minimum atomic E-state index is -1.07. The van der Waals surface area contributed by atoms with Gasteiger partial charge in [0.25, 0.3) is 0 Å². The molecule has 0 aliphatic carbocycles. The first-order valence-electron chi connectivity index (χ1n) is 6.63. The molecule has 0 saturated carbocycles. The summed E-state index contributed by atoms with van der Waals surface area (Å²) in [6.45, 7) is 5.41. The van der Waals surface area contributed by atoms with Crippen LogP contribution in [-0.4, -0.2) is 37.0 Å². The number of allylic oxidation sites excluding steroid dienone is 1. The van der Waals surface area contributed by atoms with E-state index in [0.29, 0.717) is 13.2 Å². The maximum atomic E-state index is 10.7. The van der Waals surface area contributed by atoms with Crippen LogP contribution in [0.2, 0.25) is 0 Å². The third-order valence-electron chi connectivity index (χ3n) is 2.62. The van der Waals surface area contributed by atoms with Crippen molar-refractivity contribution < 1.29 is 19.4 Å². The van der Waals surface area contributed by atoms with Crippen LogP contribution in [0.1, 0.15) is 39.5 Å². The fraction of sp³-hybridized carbons (Fsp3) is 0.714. The number of rotatable bonds is 11. The Bertz CT molecular complexity index is 320. The van der Waals surface area contributed by atoms with E-state index in [1.165, 1.54) is 0 Å². The molecular weight excluding hydrogens is 246 g/mol. The van der Waals surface area contributed by atoms with Crippen LogP contribution in [0.3, 0.4) is 0 Å². The lowest BCUT2D eigenvalue weighted by Gasteiger charge is -2.12. The van der Waals surface area contributed by atoms with E-state index >= 15 is 0 Å². The smallest absolute Gasteiger partial charge is 0.332 e. The quantitative estimate of drug-likeness (QED) is 0.354. The molecule has 108 valence electrons. The molecule has 0 spiro atoms. The number of carboxylic acid groups (broad SMARTS) is 1. The van der Waals surface area contributed by atoms with Gasteiger partial charge in [0.1, 0.15) is 0 Å². The van der Waals surface area contributed by atoms with Crippen molar-refractivity contribution in [1.82, 2.24) is 0 Å². The molecule has 0 amide bonds. The Balaban J connectivity index is 3.57. The molecule has 0 saturated heterocycles. The van der Waals surface area contributed by atoms with Crippen LogP contribution in [-0.2, 0) is 14.3 Å². The van der Waals surface area contributed by atoms with Crippen molar-refractivity contribution in [3.63, 3.8) is 0 Å². The number of nitrogens with zero attached hydrogens (tertiary/aromatic N) is 1. The average Bonchev–Trinajstić information content (AvgIpc) is 2.38. The summed E-state index contributed by atoms with van der Waals surface area (Å²) in [6.07, 6.45) is 4.86. The van der Waals surface area contributed by atoms with E-state index in [2.05, 4.69) is 6.92 Å². The summed E-state index contributed by atoms with van der Waals surface area (Å²) in [4.78, 5) is 10.7. The van der Waals surface area contributed by atoms with E-state index < -0.39 is 5.97 Å². The number of nitriles is 1. The summed E-state index contributed by atoms with van der Waals surface area (Å²) in [5.74, 6) is -1.07. The molecule has 0 aromatic heterocycles. The molecule has 5 nitrogen and oxygen atoms in total. The van der Waals surface area contributed by atoms with Gasteiger partial charge in [0.2, 0.25) is 0 Å². The average molecular weight is 269 g/mol. The van der Waals surface area contributed by atoms with E-state index in [1.807, 2.05) is 6.92 Å². The first-order chi connectivity index (χ1) is 9.11. The Morgan fingerprint density at radius 2 is 2.16 bits per heavy atom. The van der Waals surface area contributed by atoms with Gasteiger partial charge in [-0.1, -0.05) is 19.8 Å². The van der Waals surface area contributed by atoms with Crippen LogP contribution in [0.25, 0.3) is 0 Å². The fourth-order valence-corrected chi connectivity index (χ4v) is 1.49. The summed E-state index contributed by atoms with van der Waals surface area (Å²) >= 11 is 0. The number of carbonyl (C=O) groups is 1. The molecule has 0 aliphatic rings. The van der Waals surface area contributed by atoms with Gasteiger partial charge in [-0.15, -0.1) is 0 Å². The third-order valence-corrected chi connectivity index (χ3v) is 2.62. The Labute approximate surface area is 114 Å². The second kappa shape index (κ2) is 11.7. The molecule has 0 heterocycles. The van der Waals surface area contributed by atoms with Gasteiger partial charge >= 0.3 is 5.97 Å². The van der Waals surface area contributed by atoms with E-state index in [1.54, 1.807) is 6.07 Å². The van der Waals surface area contributed by atoms with Crippen LogP contribution < -0.4 is 0 Å². The normalized spacial score (nSPS) is 13.0. The van der Waals surface area contributed by atoms with E-state index in [4.69, 9.17) is 19.8 Å². The van der Waals surface area contributed by atoms with Crippen molar-refractivity contribution in [3.8, 4) is 6.07 Å². The highest BCUT2D eigenvalue weighted by molar-refractivity contribution is 5.87. The Morgan fingerprint density at radius 1 is 1.42 bits per heavy atom. The zero-order valence-electron chi connectivity index (χ0n) is 11.7. The summed E-state index contributed by atoms with van der Waals surface area (Å²) < 4.78 is 10.8. The predicted molar refractivity (Wildman–Crippen MR) is 71.7 cm³/mol. The molecule has 0 rings (SSSR count). The lowest BCUT2D eigenvalue weighted by Crippen LogP contribution is -2.13. The molecule has 0 aromatic rings. The minimum Gasteiger partial charge on any atom is -0.478 e. The summed E-state index contributed by atoms with van der Waals surface area (Å²) in [6, 6.07) is 1.71. The van der Waals surface area contributed by atoms with Crippen molar-refractivity contribution in [2.24, 2.45) is 0 Å². The van der Waals surface area contributed by atoms with Crippen molar-refractivity contribution in [3.05, 3.63) is 11.6 Å². The molecule has 19 heavy (non-hydrogen) atoms. The van der Waals surface area contributed by atoms with Crippen molar-refractivity contribution in [2.45, 2.75) is 45.6 Å².